The Morgan fingerprint density at radius 1 is 0.868 bits per heavy atom. The molecule has 0 spiro atoms. The van der Waals surface area contributed by atoms with Gasteiger partial charge in [-0.3, -0.25) is 10.3 Å². The lowest BCUT2D eigenvalue weighted by Gasteiger charge is -2.17. The maximum atomic E-state index is 12.1. The number of benzene rings is 3. The van der Waals surface area contributed by atoms with Crippen LogP contribution in [0, 0.1) is 5.41 Å². The molecule has 3 aromatic rings. The van der Waals surface area contributed by atoms with Gasteiger partial charge in [-0.25, -0.2) is 14.6 Å². The lowest BCUT2D eigenvalue weighted by atomic mass is 10.2. The van der Waals surface area contributed by atoms with Gasteiger partial charge in [0.15, 0.2) is 10.8 Å². The third kappa shape index (κ3) is 5.81. The van der Waals surface area contributed by atoms with Crippen LogP contribution < -0.4 is 4.90 Å². The Kier molecular flexibility index (Phi) is 8.34. The van der Waals surface area contributed by atoms with E-state index in [0.717, 1.165) is 5.56 Å². The van der Waals surface area contributed by atoms with E-state index in [1.807, 2.05) is 30.3 Å². The van der Waals surface area contributed by atoms with Crippen molar-refractivity contribution >= 4 is 58.5 Å². The molecule has 10 heteroatoms. The van der Waals surface area contributed by atoms with E-state index in [-0.39, 0.29) is 30.0 Å². The second-order valence-electron chi connectivity index (χ2n) is 7.90. The zero-order chi connectivity index (χ0) is 27.1. The Morgan fingerprint density at radius 3 is 1.97 bits per heavy atom. The van der Waals surface area contributed by atoms with Gasteiger partial charge in [0.1, 0.15) is 0 Å². The number of carbonyl (C=O) groups excluding carboxylic acids is 2. The summed E-state index contributed by atoms with van der Waals surface area (Å²) in [6.45, 7) is 4.04. The molecule has 0 aliphatic carbocycles. The first-order valence-corrected chi connectivity index (χ1v) is 12.3. The van der Waals surface area contributed by atoms with Crippen molar-refractivity contribution in [3.8, 4) is 0 Å². The zero-order valence-corrected chi connectivity index (χ0v) is 21.6. The summed E-state index contributed by atoms with van der Waals surface area (Å²) in [6, 6.07) is 22.6. The highest BCUT2D eigenvalue weighted by atomic mass is 32.1. The van der Waals surface area contributed by atoms with Crippen LogP contribution in [-0.2, 0) is 9.47 Å². The summed E-state index contributed by atoms with van der Waals surface area (Å²) < 4.78 is 10.1. The number of amidine groups is 1. The monoisotopic (exact) mass is 527 g/mol. The lowest BCUT2D eigenvalue weighted by molar-refractivity contribution is 0.0517. The normalized spacial score (nSPS) is 14.4. The Morgan fingerprint density at radius 2 is 1.42 bits per heavy atom. The molecule has 38 heavy (non-hydrogen) atoms. The minimum atomic E-state index is -0.430. The Labute approximate surface area is 225 Å². The van der Waals surface area contributed by atoms with E-state index in [4.69, 9.17) is 27.1 Å². The molecular weight excluding hydrogens is 502 g/mol. The fourth-order valence-electron chi connectivity index (χ4n) is 3.56. The molecule has 1 aliphatic heterocycles. The molecule has 1 heterocycles. The van der Waals surface area contributed by atoms with Crippen LogP contribution in [0.25, 0.3) is 0 Å². The third-order valence-electron chi connectivity index (χ3n) is 5.38. The van der Waals surface area contributed by atoms with E-state index in [1.165, 1.54) is 9.91 Å². The van der Waals surface area contributed by atoms with E-state index < -0.39 is 11.9 Å². The largest absolute Gasteiger partial charge is 0.462 e. The summed E-state index contributed by atoms with van der Waals surface area (Å²) in [6.07, 6.45) is 1.61. The van der Waals surface area contributed by atoms with Crippen molar-refractivity contribution in [1.82, 2.24) is 5.01 Å². The van der Waals surface area contributed by atoms with Gasteiger partial charge in [-0.05, 0) is 67.9 Å². The number of esters is 2. The standard InChI is InChI=1S/C28H25N5O4S/c1-3-36-26(34)20-10-14-22(15-11-20)31-24-25(38)32(23-16-12-21(13-17-23)27(35)37-4-2)28(29)33(24)30-18-19-8-6-5-7-9-19/h5-18,29H,3-4H2,1-2H3/b29-28?,30-18-,31-24?. The average Bonchev–Trinajstić information content (AvgIpc) is 3.17. The molecule has 0 radical (unpaired) electrons. The number of hydrogen-bond acceptors (Lipinski definition) is 8. The molecule has 1 N–H and O–H groups in total. The molecule has 0 bridgehead atoms. The Hall–Kier alpha value is -4.70. The summed E-state index contributed by atoms with van der Waals surface area (Å²) in [5, 5.41) is 14.7. The third-order valence-corrected chi connectivity index (χ3v) is 5.74. The number of ether oxygens (including phenoxy) is 2. The SMILES string of the molecule is CCOC(=O)c1ccc(N=C2C(=S)N(c3ccc(C(=O)OCC)cc3)C(=N)N2/N=C\c2ccccc2)cc1. The topological polar surface area (TPSA) is 108 Å². The maximum absolute atomic E-state index is 12.1. The smallest absolute Gasteiger partial charge is 0.338 e. The molecule has 192 valence electrons. The van der Waals surface area contributed by atoms with Crippen LogP contribution in [0.2, 0.25) is 0 Å². The summed E-state index contributed by atoms with van der Waals surface area (Å²) in [5.74, 6) is -0.624. The number of guanidine groups is 1. The molecule has 0 saturated carbocycles. The fourth-order valence-corrected chi connectivity index (χ4v) is 3.88. The van der Waals surface area contributed by atoms with E-state index in [0.29, 0.717) is 22.5 Å². The number of hydrogen-bond donors (Lipinski definition) is 1. The molecule has 0 unspecified atom stereocenters. The quantitative estimate of drug-likeness (QED) is 0.244. The minimum Gasteiger partial charge on any atom is -0.462 e. The molecule has 1 aliphatic rings. The highest BCUT2D eigenvalue weighted by Gasteiger charge is 2.38. The first-order valence-electron chi connectivity index (χ1n) is 11.9. The van der Waals surface area contributed by atoms with Crippen LogP contribution in [0.15, 0.2) is 89.0 Å². The van der Waals surface area contributed by atoms with Crippen molar-refractivity contribution in [2.24, 2.45) is 10.1 Å². The van der Waals surface area contributed by atoms with Crippen molar-refractivity contribution in [3.05, 3.63) is 95.6 Å². The molecule has 1 fully saturated rings. The fraction of sp³-hybridized carbons (Fsp3) is 0.143. The lowest BCUT2D eigenvalue weighted by Crippen LogP contribution is -2.31. The van der Waals surface area contributed by atoms with Crippen LogP contribution in [0.4, 0.5) is 11.4 Å². The first-order chi connectivity index (χ1) is 18.4. The number of anilines is 1. The Bertz CT molecular complexity index is 1400. The van der Waals surface area contributed by atoms with E-state index >= 15 is 0 Å². The van der Waals surface area contributed by atoms with Crippen LogP contribution >= 0.6 is 12.2 Å². The van der Waals surface area contributed by atoms with Crippen LogP contribution in [0.1, 0.15) is 40.1 Å². The van der Waals surface area contributed by atoms with Gasteiger partial charge in [-0.2, -0.15) is 10.1 Å². The first kappa shape index (κ1) is 26.4. The van der Waals surface area contributed by atoms with Crippen molar-refractivity contribution < 1.29 is 19.1 Å². The molecule has 1 saturated heterocycles. The number of aliphatic imine (C=N–C) groups is 1. The van der Waals surface area contributed by atoms with Gasteiger partial charge in [0.25, 0.3) is 0 Å². The van der Waals surface area contributed by atoms with Gasteiger partial charge < -0.3 is 9.47 Å². The summed E-state index contributed by atoms with van der Waals surface area (Å²) >= 11 is 5.73. The minimum absolute atomic E-state index is 0.0343. The highest BCUT2D eigenvalue weighted by Crippen LogP contribution is 2.26. The van der Waals surface area contributed by atoms with Crippen molar-refractivity contribution in [1.29, 1.82) is 5.41 Å². The van der Waals surface area contributed by atoms with Crippen molar-refractivity contribution in [2.45, 2.75) is 13.8 Å². The number of thiocarbonyl (C=S) groups is 1. The van der Waals surface area contributed by atoms with Gasteiger partial charge >= 0.3 is 11.9 Å². The molecule has 0 atom stereocenters. The van der Waals surface area contributed by atoms with Gasteiger partial charge in [-0.1, -0.05) is 42.5 Å². The number of hydrazone groups is 1. The second-order valence-corrected chi connectivity index (χ2v) is 8.29. The summed E-state index contributed by atoms with van der Waals surface area (Å²) in [7, 11) is 0. The zero-order valence-electron chi connectivity index (χ0n) is 20.8. The summed E-state index contributed by atoms with van der Waals surface area (Å²) in [5.41, 5.74) is 2.71. The van der Waals surface area contributed by atoms with E-state index in [9.17, 15) is 9.59 Å². The molecule has 0 aromatic heterocycles. The van der Waals surface area contributed by atoms with Crippen LogP contribution in [0.3, 0.4) is 0 Å². The highest BCUT2D eigenvalue weighted by molar-refractivity contribution is 7.82. The average molecular weight is 528 g/mol. The second kappa shape index (κ2) is 12.0. The van der Waals surface area contributed by atoms with Gasteiger partial charge in [0, 0.05) is 0 Å². The predicted molar refractivity (Wildman–Crippen MR) is 151 cm³/mol. The van der Waals surface area contributed by atoms with Crippen LogP contribution in [-0.4, -0.2) is 53.2 Å². The Balaban J connectivity index is 1.69. The van der Waals surface area contributed by atoms with Crippen molar-refractivity contribution in [2.75, 3.05) is 18.1 Å². The van der Waals surface area contributed by atoms with Gasteiger partial charge in [0.2, 0.25) is 5.96 Å². The number of rotatable bonds is 8. The predicted octanol–water partition coefficient (Wildman–Crippen LogP) is 5.19. The van der Waals surface area contributed by atoms with Gasteiger partial charge in [0.05, 0.1) is 41.9 Å². The molecular formula is C28H25N5O4S. The molecule has 9 nitrogen and oxygen atoms in total. The molecule has 0 amide bonds. The molecule has 4 rings (SSSR count). The van der Waals surface area contributed by atoms with Crippen molar-refractivity contribution in [3.63, 3.8) is 0 Å². The maximum Gasteiger partial charge on any atom is 0.338 e. The van der Waals surface area contributed by atoms with E-state index in [2.05, 4.69) is 10.1 Å². The van der Waals surface area contributed by atoms with Crippen LogP contribution in [0.5, 0.6) is 0 Å². The number of carbonyl (C=O) groups is 2. The van der Waals surface area contributed by atoms with E-state index in [1.54, 1.807) is 68.6 Å². The summed E-state index contributed by atoms with van der Waals surface area (Å²) in [4.78, 5) is 30.5. The number of nitrogens with one attached hydrogen (secondary N) is 1. The number of nitrogens with zero attached hydrogens (tertiary/aromatic N) is 4. The molecule has 3 aromatic carbocycles. The van der Waals surface area contributed by atoms with Gasteiger partial charge in [-0.15, -0.1) is 0 Å².